The van der Waals surface area contributed by atoms with E-state index in [0.717, 1.165) is 30.8 Å². The molecule has 1 N–H and O–H groups in total. The smallest absolute Gasteiger partial charge is 0.404 e. The molecule has 0 radical (unpaired) electrons. The lowest BCUT2D eigenvalue weighted by molar-refractivity contribution is -0.188. The van der Waals surface area contributed by atoms with Crippen molar-refractivity contribution in [3.63, 3.8) is 0 Å². The number of carboxylic acids is 1. The van der Waals surface area contributed by atoms with Crippen LogP contribution >= 0.6 is 0 Å². The number of carboxylic acid groups (broad SMARTS) is 1. The Hall–Kier alpha value is -0.820. The van der Waals surface area contributed by atoms with Gasteiger partial charge < -0.3 is 5.11 Å². The molecule has 1 aliphatic rings. The Kier molecular flexibility index (Phi) is 5.61. The Morgan fingerprint density at radius 3 is 2.63 bits per heavy atom. The third-order valence-corrected chi connectivity index (χ3v) is 3.68. The first-order chi connectivity index (χ1) is 8.75. The van der Waals surface area contributed by atoms with E-state index in [-0.39, 0.29) is 12.6 Å². The van der Waals surface area contributed by atoms with Crippen LogP contribution < -0.4 is 0 Å². The molecular weight excluding hydrogens is 261 g/mol. The maximum Gasteiger partial charge on any atom is 0.404 e. The Balaban J connectivity index is 2.66. The molecule has 1 saturated heterocycles. The number of carbonyl (C=O) groups is 1. The first kappa shape index (κ1) is 16.2. The van der Waals surface area contributed by atoms with E-state index in [1.165, 1.54) is 7.05 Å². The van der Waals surface area contributed by atoms with Gasteiger partial charge in [-0.2, -0.15) is 13.2 Å². The molecule has 1 heterocycles. The molecule has 1 aliphatic heterocycles. The van der Waals surface area contributed by atoms with E-state index in [2.05, 4.69) is 4.90 Å². The monoisotopic (exact) mass is 282 g/mol. The van der Waals surface area contributed by atoms with Crippen LogP contribution in [-0.2, 0) is 4.79 Å². The number of likely N-dealkylation sites (tertiary alicyclic amines) is 1. The molecule has 0 spiro atoms. The molecule has 0 aromatic heterocycles. The topological polar surface area (TPSA) is 43.8 Å². The van der Waals surface area contributed by atoms with Crippen LogP contribution in [0.3, 0.4) is 0 Å². The van der Waals surface area contributed by atoms with Crippen molar-refractivity contribution in [2.75, 3.05) is 26.7 Å². The van der Waals surface area contributed by atoms with Crippen LogP contribution in [0.15, 0.2) is 0 Å². The van der Waals surface area contributed by atoms with E-state index in [1.807, 2.05) is 6.92 Å². The second kappa shape index (κ2) is 6.56. The molecular formula is C12H21F3N2O2. The first-order valence-corrected chi connectivity index (χ1v) is 6.48. The van der Waals surface area contributed by atoms with Crippen LogP contribution in [0, 0.1) is 0 Å². The molecule has 0 aromatic rings. The lowest BCUT2D eigenvalue weighted by Gasteiger charge is -2.33. The number of hydrogen-bond acceptors (Lipinski definition) is 3. The van der Waals surface area contributed by atoms with Gasteiger partial charge in [0, 0.05) is 12.6 Å². The summed E-state index contributed by atoms with van der Waals surface area (Å²) in [5, 5.41) is 8.62. The highest BCUT2D eigenvalue weighted by atomic mass is 19.4. The number of hydrogen-bond donors (Lipinski definition) is 1. The van der Waals surface area contributed by atoms with E-state index in [0.29, 0.717) is 0 Å². The van der Waals surface area contributed by atoms with Crippen LogP contribution in [0.5, 0.6) is 0 Å². The Morgan fingerprint density at radius 1 is 1.53 bits per heavy atom. The van der Waals surface area contributed by atoms with Crippen LogP contribution in [0.2, 0.25) is 0 Å². The van der Waals surface area contributed by atoms with Crippen LogP contribution in [0.25, 0.3) is 0 Å². The average Bonchev–Trinajstić information content (AvgIpc) is 2.71. The molecule has 2 atom stereocenters. The van der Waals surface area contributed by atoms with Crippen molar-refractivity contribution in [2.45, 2.75) is 44.4 Å². The molecule has 0 saturated carbocycles. The number of alkyl halides is 3. The maximum absolute atomic E-state index is 12.9. The number of rotatable bonds is 6. The molecule has 0 aromatic carbocycles. The summed E-state index contributed by atoms with van der Waals surface area (Å²) in [4.78, 5) is 13.9. The molecule has 19 heavy (non-hydrogen) atoms. The minimum atomic E-state index is -4.51. The highest BCUT2D eigenvalue weighted by molar-refractivity contribution is 5.67. The van der Waals surface area contributed by atoms with Gasteiger partial charge in [-0.15, -0.1) is 0 Å². The van der Waals surface area contributed by atoms with Gasteiger partial charge in [0.25, 0.3) is 0 Å². The zero-order chi connectivity index (χ0) is 14.6. The van der Waals surface area contributed by atoms with E-state index < -0.39 is 24.6 Å². The van der Waals surface area contributed by atoms with Crippen molar-refractivity contribution >= 4 is 5.97 Å². The van der Waals surface area contributed by atoms with Gasteiger partial charge >= 0.3 is 12.1 Å². The van der Waals surface area contributed by atoms with Crippen LogP contribution in [0.1, 0.15) is 26.2 Å². The molecule has 7 heteroatoms. The van der Waals surface area contributed by atoms with Crippen molar-refractivity contribution in [3.8, 4) is 0 Å². The van der Waals surface area contributed by atoms with Crippen LogP contribution in [-0.4, -0.2) is 65.8 Å². The molecule has 2 unspecified atom stereocenters. The summed E-state index contributed by atoms with van der Waals surface area (Å²) >= 11 is 0. The minimum absolute atomic E-state index is 0.0913. The second-order valence-electron chi connectivity index (χ2n) is 5.02. The summed E-state index contributed by atoms with van der Waals surface area (Å²) in [6.45, 7) is 3.96. The largest absolute Gasteiger partial charge is 0.481 e. The zero-order valence-corrected chi connectivity index (χ0v) is 11.3. The molecule has 1 rings (SSSR count). The molecule has 0 bridgehead atoms. The lowest BCUT2D eigenvalue weighted by atomic mass is 10.1. The normalized spacial score (nSPS) is 22.9. The number of nitrogens with zero attached hydrogens (tertiary/aromatic N) is 2. The lowest BCUT2D eigenvalue weighted by Crippen LogP contribution is -2.49. The summed E-state index contributed by atoms with van der Waals surface area (Å²) in [6.07, 6.45) is -3.56. The van der Waals surface area contributed by atoms with Gasteiger partial charge in [0.1, 0.15) is 6.04 Å². The van der Waals surface area contributed by atoms with Gasteiger partial charge in [-0.05, 0) is 33.0 Å². The first-order valence-electron chi connectivity index (χ1n) is 6.48. The molecule has 0 amide bonds. The molecule has 112 valence electrons. The third kappa shape index (κ3) is 4.65. The van der Waals surface area contributed by atoms with Crippen LogP contribution in [0.4, 0.5) is 13.2 Å². The van der Waals surface area contributed by atoms with E-state index in [4.69, 9.17) is 5.11 Å². The fourth-order valence-corrected chi connectivity index (χ4v) is 2.66. The fourth-order valence-electron chi connectivity index (χ4n) is 2.66. The van der Waals surface area contributed by atoms with Gasteiger partial charge in [-0.1, -0.05) is 6.92 Å². The number of halogens is 3. The zero-order valence-electron chi connectivity index (χ0n) is 11.3. The van der Waals surface area contributed by atoms with Gasteiger partial charge in [0.05, 0.1) is 6.42 Å². The number of aliphatic carboxylic acids is 1. The maximum atomic E-state index is 12.9. The highest BCUT2D eigenvalue weighted by Gasteiger charge is 2.44. The van der Waals surface area contributed by atoms with E-state index in [9.17, 15) is 18.0 Å². The number of likely N-dealkylation sites (N-methyl/N-ethyl adjacent to an activating group) is 2. The summed E-state index contributed by atoms with van der Waals surface area (Å²) < 4.78 is 38.6. The van der Waals surface area contributed by atoms with Gasteiger partial charge in [-0.25, -0.2) is 0 Å². The van der Waals surface area contributed by atoms with Crippen molar-refractivity contribution in [3.05, 3.63) is 0 Å². The quantitative estimate of drug-likeness (QED) is 0.807. The van der Waals surface area contributed by atoms with Crippen molar-refractivity contribution in [1.82, 2.24) is 9.80 Å². The highest BCUT2D eigenvalue weighted by Crippen LogP contribution is 2.28. The Bertz CT molecular complexity index is 310. The average molecular weight is 282 g/mol. The van der Waals surface area contributed by atoms with Crippen molar-refractivity contribution in [2.24, 2.45) is 0 Å². The SMILES string of the molecule is CCN1CCCC1CN(C)C(CC(=O)O)C(F)(F)F. The molecule has 1 fully saturated rings. The molecule has 4 nitrogen and oxygen atoms in total. The predicted molar refractivity (Wildman–Crippen MR) is 65.0 cm³/mol. The third-order valence-electron chi connectivity index (χ3n) is 3.68. The summed E-state index contributed by atoms with van der Waals surface area (Å²) in [6, 6.07) is -1.82. The Morgan fingerprint density at radius 2 is 2.16 bits per heavy atom. The summed E-state index contributed by atoms with van der Waals surface area (Å²) in [7, 11) is 1.35. The van der Waals surface area contributed by atoms with E-state index in [1.54, 1.807) is 0 Å². The summed E-state index contributed by atoms with van der Waals surface area (Å²) in [5.41, 5.74) is 0. The summed E-state index contributed by atoms with van der Waals surface area (Å²) in [5.74, 6) is -1.42. The van der Waals surface area contributed by atoms with Gasteiger partial charge in [0.15, 0.2) is 0 Å². The Labute approximate surface area is 111 Å². The van der Waals surface area contributed by atoms with Crippen molar-refractivity contribution < 1.29 is 23.1 Å². The van der Waals surface area contributed by atoms with Gasteiger partial charge in [0.2, 0.25) is 0 Å². The van der Waals surface area contributed by atoms with Gasteiger partial charge in [-0.3, -0.25) is 14.6 Å². The fraction of sp³-hybridized carbons (Fsp3) is 0.917. The standard InChI is InChI=1S/C12H21F3N2O2/c1-3-17-6-4-5-9(17)8-16(2)10(7-11(18)19)12(13,14)15/h9-10H,3-8H2,1-2H3,(H,18,19). The predicted octanol–water partition coefficient (Wildman–Crippen LogP) is 1.81. The molecule has 0 aliphatic carbocycles. The minimum Gasteiger partial charge on any atom is -0.481 e. The second-order valence-corrected chi connectivity index (χ2v) is 5.02. The van der Waals surface area contributed by atoms with E-state index >= 15 is 0 Å². The van der Waals surface area contributed by atoms with Crippen molar-refractivity contribution in [1.29, 1.82) is 0 Å².